The van der Waals surface area contributed by atoms with Crippen LogP contribution in [0.15, 0.2) is 24.3 Å². The van der Waals surface area contributed by atoms with Crippen molar-refractivity contribution in [3.05, 3.63) is 34.9 Å². The highest BCUT2D eigenvalue weighted by atomic mass is 35.5. The molecule has 0 aliphatic heterocycles. The van der Waals surface area contributed by atoms with Crippen molar-refractivity contribution in [1.82, 2.24) is 10.6 Å². The molecular weight excluding hydrogens is 296 g/mol. The highest BCUT2D eigenvalue weighted by Gasteiger charge is 2.13. The Bertz CT molecular complexity index is 516. The second-order valence-corrected chi connectivity index (χ2v) is 4.93. The zero-order valence-corrected chi connectivity index (χ0v) is 12.3. The summed E-state index contributed by atoms with van der Waals surface area (Å²) in [5.41, 5.74) is 0.489. The van der Waals surface area contributed by atoms with Gasteiger partial charge < -0.3 is 15.7 Å². The van der Waals surface area contributed by atoms with E-state index in [-0.39, 0.29) is 18.2 Å². The fraction of sp³-hybridized carbons (Fsp3) is 0.357. The maximum absolute atomic E-state index is 11.7. The number of carboxylic acids is 1. The lowest BCUT2D eigenvalue weighted by Gasteiger charge is -2.09. The van der Waals surface area contributed by atoms with Crippen molar-refractivity contribution < 1.29 is 19.5 Å². The molecule has 3 N–H and O–H groups in total. The molecule has 0 saturated carbocycles. The molecule has 1 rings (SSSR count). The number of hydrogen-bond donors (Lipinski definition) is 3. The van der Waals surface area contributed by atoms with E-state index in [1.54, 1.807) is 24.3 Å². The van der Waals surface area contributed by atoms with E-state index in [4.69, 9.17) is 16.7 Å². The summed E-state index contributed by atoms with van der Waals surface area (Å²) in [6, 6.07) is 5.55. The van der Waals surface area contributed by atoms with E-state index in [1.807, 2.05) is 0 Å². The first-order valence-corrected chi connectivity index (χ1v) is 6.84. The molecule has 1 aromatic carbocycles. The Morgan fingerprint density at radius 2 is 1.86 bits per heavy atom. The Hall–Kier alpha value is -2.08. The molecule has 7 heteroatoms. The third-order valence-corrected chi connectivity index (χ3v) is 2.97. The lowest BCUT2D eigenvalue weighted by Crippen LogP contribution is -2.38. The van der Waals surface area contributed by atoms with Crippen molar-refractivity contribution in [2.24, 2.45) is 0 Å². The van der Waals surface area contributed by atoms with Gasteiger partial charge in [0.1, 0.15) is 6.04 Å². The van der Waals surface area contributed by atoms with Crippen LogP contribution in [-0.2, 0) is 9.59 Å². The van der Waals surface area contributed by atoms with Crippen LogP contribution in [0.1, 0.15) is 30.1 Å². The van der Waals surface area contributed by atoms with Crippen LogP contribution in [0.2, 0.25) is 5.02 Å². The number of benzene rings is 1. The Balaban J connectivity index is 2.25. The SMILES string of the molecule is CC(NC(=O)CCCNC(=O)c1ccc(Cl)cc1)C(=O)O. The molecule has 1 atom stereocenters. The summed E-state index contributed by atoms with van der Waals surface area (Å²) in [4.78, 5) is 33.7. The molecule has 0 aliphatic rings. The van der Waals surface area contributed by atoms with Crippen molar-refractivity contribution >= 4 is 29.4 Å². The zero-order chi connectivity index (χ0) is 15.8. The number of carboxylic acid groups (broad SMARTS) is 1. The molecule has 0 radical (unpaired) electrons. The number of carbonyl (C=O) groups is 3. The number of aliphatic carboxylic acids is 1. The van der Waals surface area contributed by atoms with Gasteiger partial charge in [0, 0.05) is 23.6 Å². The predicted molar refractivity (Wildman–Crippen MR) is 78.3 cm³/mol. The second-order valence-electron chi connectivity index (χ2n) is 4.49. The van der Waals surface area contributed by atoms with Gasteiger partial charge in [-0.05, 0) is 37.6 Å². The first-order valence-electron chi connectivity index (χ1n) is 6.46. The first kappa shape index (κ1) is 17.0. The molecule has 1 aromatic rings. The van der Waals surface area contributed by atoms with Crippen molar-refractivity contribution in [3.8, 4) is 0 Å². The van der Waals surface area contributed by atoms with Crippen molar-refractivity contribution in [2.45, 2.75) is 25.8 Å². The van der Waals surface area contributed by atoms with Crippen LogP contribution < -0.4 is 10.6 Å². The molecule has 0 fully saturated rings. The molecular formula is C14H17ClN2O4. The minimum absolute atomic E-state index is 0.151. The average Bonchev–Trinajstić information content (AvgIpc) is 2.44. The van der Waals surface area contributed by atoms with Gasteiger partial charge in [0.25, 0.3) is 5.91 Å². The highest BCUT2D eigenvalue weighted by molar-refractivity contribution is 6.30. The molecule has 1 unspecified atom stereocenters. The van der Waals surface area contributed by atoms with Crippen LogP contribution in [0.5, 0.6) is 0 Å². The quantitative estimate of drug-likeness (QED) is 0.664. The van der Waals surface area contributed by atoms with Gasteiger partial charge in [-0.3, -0.25) is 14.4 Å². The number of hydrogen-bond acceptors (Lipinski definition) is 3. The van der Waals surface area contributed by atoms with E-state index in [2.05, 4.69) is 10.6 Å². The smallest absolute Gasteiger partial charge is 0.325 e. The molecule has 2 amide bonds. The van der Waals surface area contributed by atoms with Crippen LogP contribution in [-0.4, -0.2) is 35.5 Å². The number of amides is 2. The maximum atomic E-state index is 11.7. The average molecular weight is 313 g/mol. The number of nitrogens with one attached hydrogen (secondary N) is 2. The molecule has 0 aromatic heterocycles. The van der Waals surface area contributed by atoms with Gasteiger partial charge in [-0.2, -0.15) is 0 Å². The highest BCUT2D eigenvalue weighted by Crippen LogP contribution is 2.09. The molecule has 0 bridgehead atoms. The van der Waals surface area contributed by atoms with E-state index in [0.29, 0.717) is 23.6 Å². The van der Waals surface area contributed by atoms with Crippen LogP contribution in [0, 0.1) is 0 Å². The first-order chi connectivity index (χ1) is 9.90. The Morgan fingerprint density at radius 3 is 2.43 bits per heavy atom. The zero-order valence-electron chi connectivity index (χ0n) is 11.6. The minimum Gasteiger partial charge on any atom is -0.480 e. The van der Waals surface area contributed by atoms with Gasteiger partial charge in [0.15, 0.2) is 0 Å². The summed E-state index contributed by atoms with van der Waals surface area (Å²) in [6.07, 6.45) is 0.579. The van der Waals surface area contributed by atoms with Crippen molar-refractivity contribution in [1.29, 1.82) is 0 Å². The van der Waals surface area contributed by atoms with Gasteiger partial charge in [-0.1, -0.05) is 11.6 Å². The molecule has 0 aliphatic carbocycles. The largest absolute Gasteiger partial charge is 0.480 e. The van der Waals surface area contributed by atoms with Gasteiger partial charge in [0.05, 0.1) is 0 Å². The maximum Gasteiger partial charge on any atom is 0.325 e. The monoisotopic (exact) mass is 312 g/mol. The van der Waals surface area contributed by atoms with Crippen LogP contribution >= 0.6 is 11.6 Å². The van der Waals surface area contributed by atoms with E-state index >= 15 is 0 Å². The summed E-state index contributed by atoms with van der Waals surface area (Å²) in [7, 11) is 0. The lowest BCUT2D eigenvalue weighted by molar-refractivity contribution is -0.141. The van der Waals surface area contributed by atoms with E-state index < -0.39 is 12.0 Å². The van der Waals surface area contributed by atoms with E-state index in [1.165, 1.54) is 6.92 Å². The number of halogens is 1. The predicted octanol–water partition coefficient (Wildman–Crippen LogP) is 1.44. The third-order valence-electron chi connectivity index (χ3n) is 2.72. The normalized spacial score (nSPS) is 11.5. The van der Waals surface area contributed by atoms with Gasteiger partial charge in [-0.25, -0.2) is 0 Å². The van der Waals surface area contributed by atoms with Crippen molar-refractivity contribution in [2.75, 3.05) is 6.54 Å². The standard InChI is InChI=1S/C14H17ClN2O4/c1-9(14(20)21)17-12(18)3-2-8-16-13(19)10-4-6-11(15)7-5-10/h4-7,9H,2-3,8H2,1H3,(H,16,19)(H,17,18)(H,20,21). The Labute approximate surface area is 127 Å². The van der Waals surface area contributed by atoms with Gasteiger partial charge >= 0.3 is 5.97 Å². The molecule has 0 heterocycles. The number of carbonyl (C=O) groups excluding carboxylic acids is 2. The van der Waals surface area contributed by atoms with Crippen LogP contribution in [0.3, 0.4) is 0 Å². The minimum atomic E-state index is -1.08. The fourth-order valence-corrected chi connectivity index (χ4v) is 1.66. The summed E-state index contributed by atoms with van der Waals surface area (Å²) < 4.78 is 0. The fourth-order valence-electron chi connectivity index (χ4n) is 1.53. The molecule has 0 saturated heterocycles. The third kappa shape index (κ3) is 6.27. The summed E-state index contributed by atoms with van der Waals surface area (Å²) >= 11 is 5.72. The Morgan fingerprint density at radius 1 is 1.24 bits per heavy atom. The molecule has 0 spiro atoms. The topological polar surface area (TPSA) is 95.5 Å². The second kappa shape index (κ2) is 8.26. The van der Waals surface area contributed by atoms with Crippen LogP contribution in [0.4, 0.5) is 0 Å². The summed E-state index contributed by atoms with van der Waals surface area (Å²) in [5, 5.41) is 14.2. The summed E-state index contributed by atoms with van der Waals surface area (Å²) in [6.45, 7) is 1.72. The molecule has 6 nitrogen and oxygen atoms in total. The van der Waals surface area contributed by atoms with Gasteiger partial charge in [0.2, 0.25) is 5.91 Å². The summed E-state index contributed by atoms with van der Waals surface area (Å²) in [5.74, 6) is -1.68. The van der Waals surface area contributed by atoms with Crippen molar-refractivity contribution in [3.63, 3.8) is 0 Å². The van der Waals surface area contributed by atoms with E-state index in [0.717, 1.165) is 0 Å². The van der Waals surface area contributed by atoms with E-state index in [9.17, 15) is 14.4 Å². The molecule has 21 heavy (non-hydrogen) atoms. The molecule has 114 valence electrons. The number of rotatable bonds is 7. The lowest BCUT2D eigenvalue weighted by atomic mass is 10.2. The van der Waals surface area contributed by atoms with Gasteiger partial charge in [-0.15, -0.1) is 0 Å². The van der Waals surface area contributed by atoms with Crippen LogP contribution in [0.25, 0.3) is 0 Å². The Kier molecular flexibility index (Phi) is 6.68.